The number of halogens is 1. The Kier molecular flexibility index (Phi) is 2.89. The van der Waals surface area contributed by atoms with E-state index in [0.29, 0.717) is 12.8 Å². The average Bonchev–Trinajstić information content (AvgIpc) is 2.65. The molecule has 0 spiro atoms. The molecule has 1 unspecified atom stereocenters. The smallest absolute Gasteiger partial charge is 0.234 e. The molecule has 2 heterocycles. The summed E-state index contributed by atoms with van der Waals surface area (Å²) in [6.45, 7) is 0. The minimum atomic E-state index is -0.288. The van der Waals surface area contributed by atoms with Crippen LogP contribution < -0.4 is 5.32 Å². The number of amides is 2. The van der Waals surface area contributed by atoms with Crippen molar-refractivity contribution in [1.29, 1.82) is 0 Å². The molecule has 0 saturated carbocycles. The summed E-state index contributed by atoms with van der Waals surface area (Å²) in [6.07, 6.45) is 0.929. The standard InChI is InChI=1S/C13H12BrN3O2/c1-17-11-7(3-2-4-9(11)12(14)16-17)8-5-6-10(18)15-13(8)19/h2-4,8H,5-6H2,1H3,(H,15,18,19). The number of imide groups is 1. The Bertz CT molecular complexity index is 692. The van der Waals surface area contributed by atoms with Crippen molar-refractivity contribution in [3.8, 4) is 0 Å². The van der Waals surface area contributed by atoms with Crippen LogP contribution >= 0.6 is 15.9 Å². The zero-order chi connectivity index (χ0) is 13.6. The second kappa shape index (κ2) is 4.45. The molecule has 1 saturated heterocycles. The highest BCUT2D eigenvalue weighted by Gasteiger charge is 2.30. The lowest BCUT2D eigenvalue weighted by molar-refractivity contribution is -0.134. The van der Waals surface area contributed by atoms with Gasteiger partial charge in [0.25, 0.3) is 0 Å². The highest BCUT2D eigenvalue weighted by Crippen LogP contribution is 2.33. The Morgan fingerprint density at radius 2 is 2.21 bits per heavy atom. The maximum atomic E-state index is 12.0. The van der Waals surface area contributed by atoms with Gasteiger partial charge in [0.05, 0.1) is 11.4 Å². The molecule has 0 aliphatic carbocycles. The molecule has 98 valence electrons. The summed E-state index contributed by atoms with van der Waals surface area (Å²) in [5.74, 6) is -0.704. The van der Waals surface area contributed by atoms with E-state index in [1.807, 2.05) is 25.2 Å². The number of aromatic nitrogens is 2. The maximum absolute atomic E-state index is 12.0. The number of carbonyl (C=O) groups excluding carboxylic acids is 2. The zero-order valence-corrected chi connectivity index (χ0v) is 11.9. The zero-order valence-electron chi connectivity index (χ0n) is 10.3. The lowest BCUT2D eigenvalue weighted by atomic mass is 9.89. The van der Waals surface area contributed by atoms with Gasteiger partial charge in [0, 0.05) is 18.9 Å². The van der Waals surface area contributed by atoms with E-state index >= 15 is 0 Å². The van der Waals surface area contributed by atoms with Gasteiger partial charge >= 0.3 is 0 Å². The second-order valence-electron chi connectivity index (χ2n) is 4.66. The molecule has 6 heteroatoms. The van der Waals surface area contributed by atoms with Crippen molar-refractivity contribution in [2.75, 3.05) is 0 Å². The monoisotopic (exact) mass is 321 g/mol. The highest BCUT2D eigenvalue weighted by atomic mass is 79.9. The molecule has 3 rings (SSSR count). The third kappa shape index (κ3) is 1.96. The molecule has 2 amide bonds. The fourth-order valence-corrected chi connectivity index (χ4v) is 3.15. The lowest BCUT2D eigenvalue weighted by Crippen LogP contribution is -2.39. The molecule has 0 bridgehead atoms. The van der Waals surface area contributed by atoms with Crippen molar-refractivity contribution >= 4 is 38.6 Å². The fraction of sp³-hybridized carbons (Fsp3) is 0.308. The first-order chi connectivity index (χ1) is 9.08. The number of nitrogens with one attached hydrogen (secondary N) is 1. The molecule has 1 aliphatic heterocycles. The number of hydrogen-bond acceptors (Lipinski definition) is 3. The summed E-state index contributed by atoms with van der Waals surface area (Å²) < 4.78 is 2.53. The first-order valence-electron chi connectivity index (χ1n) is 6.02. The summed E-state index contributed by atoms with van der Waals surface area (Å²) in [5, 5.41) is 7.70. The molecule has 2 aromatic rings. The van der Waals surface area contributed by atoms with Crippen LogP contribution in [0.4, 0.5) is 0 Å². The third-order valence-corrected chi connectivity index (χ3v) is 4.05. The van der Waals surface area contributed by atoms with Gasteiger partial charge in [-0.15, -0.1) is 0 Å². The Labute approximate surface area is 118 Å². The van der Waals surface area contributed by atoms with E-state index in [2.05, 4.69) is 26.3 Å². The van der Waals surface area contributed by atoms with Gasteiger partial charge in [0.15, 0.2) is 0 Å². The second-order valence-corrected chi connectivity index (χ2v) is 5.41. The normalized spacial score (nSPS) is 19.8. The van der Waals surface area contributed by atoms with Gasteiger partial charge in [-0.25, -0.2) is 0 Å². The van der Waals surface area contributed by atoms with Gasteiger partial charge in [-0.3, -0.25) is 19.6 Å². The maximum Gasteiger partial charge on any atom is 0.234 e. The number of para-hydroxylation sites is 1. The molecule has 5 nitrogen and oxygen atoms in total. The van der Waals surface area contributed by atoms with Crippen LogP contribution in [0.25, 0.3) is 10.9 Å². The minimum Gasteiger partial charge on any atom is -0.296 e. The molecule has 1 aromatic carbocycles. The summed E-state index contributed by atoms with van der Waals surface area (Å²) in [7, 11) is 1.85. The van der Waals surface area contributed by atoms with Crippen molar-refractivity contribution in [2.24, 2.45) is 7.05 Å². The van der Waals surface area contributed by atoms with Gasteiger partial charge in [-0.05, 0) is 27.9 Å². The number of benzene rings is 1. The van der Waals surface area contributed by atoms with E-state index in [0.717, 1.165) is 21.1 Å². The topological polar surface area (TPSA) is 64.0 Å². The largest absolute Gasteiger partial charge is 0.296 e. The van der Waals surface area contributed by atoms with E-state index in [4.69, 9.17) is 0 Å². The van der Waals surface area contributed by atoms with Crippen molar-refractivity contribution in [1.82, 2.24) is 15.1 Å². The van der Waals surface area contributed by atoms with Crippen LogP contribution in [0, 0.1) is 0 Å². The molecule has 19 heavy (non-hydrogen) atoms. The molecule has 1 aromatic heterocycles. The van der Waals surface area contributed by atoms with Crippen LogP contribution in [-0.4, -0.2) is 21.6 Å². The van der Waals surface area contributed by atoms with Crippen molar-refractivity contribution in [2.45, 2.75) is 18.8 Å². The quantitative estimate of drug-likeness (QED) is 0.815. The Morgan fingerprint density at radius 3 is 2.95 bits per heavy atom. The van der Waals surface area contributed by atoms with Gasteiger partial charge in [-0.2, -0.15) is 5.10 Å². The van der Waals surface area contributed by atoms with Crippen LogP contribution in [0.2, 0.25) is 0 Å². The van der Waals surface area contributed by atoms with Crippen LogP contribution in [0.1, 0.15) is 24.3 Å². The van der Waals surface area contributed by atoms with Gasteiger partial charge in [-0.1, -0.05) is 18.2 Å². The van der Waals surface area contributed by atoms with E-state index in [9.17, 15) is 9.59 Å². The molecular formula is C13H12BrN3O2. The van der Waals surface area contributed by atoms with E-state index in [1.54, 1.807) is 4.68 Å². The van der Waals surface area contributed by atoms with Crippen LogP contribution in [0.5, 0.6) is 0 Å². The Morgan fingerprint density at radius 1 is 1.42 bits per heavy atom. The predicted molar refractivity (Wildman–Crippen MR) is 73.5 cm³/mol. The molecule has 1 atom stereocenters. The predicted octanol–water partition coefficient (Wildman–Crippen LogP) is 1.86. The fourth-order valence-electron chi connectivity index (χ4n) is 2.60. The average molecular weight is 322 g/mol. The van der Waals surface area contributed by atoms with Crippen molar-refractivity contribution in [3.05, 3.63) is 28.4 Å². The number of hydrogen-bond donors (Lipinski definition) is 1. The summed E-state index contributed by atoms with van der Waals surface area (Å²) in [4.78, 5) is 23.2. The molecule has 1 fully saturated rings. The van der Waals surface area contributed by atoms with Crippen molar-refractivity contribution in [3.63, 3.8) is 0 Å². The van der Waals surface area contributed by atoms with Gasteiger partial charge in [0.1, 0.15) is 4.60 Å². The SMILES string of the molecule is Cn1nc(Br)c2cccc(C3CCC(=O)NC3=O)c21. The number of rotatable bonds is 1. The number of carbonyl (C=O) groups is 2. The number of fused-ring (bicyclic) bond motifs is 1. The van der Waals surface area contributed by atoms with E-state index in [-0.39, 0.29) is 17.7 Å². The number of aryl methyl sites for hydroxylation is 1. The number of nitrogens with zero attached hydrogens (tertiary/aromatic N) is 2. The lowest BCUT2D eigenvalue weighted by Gasteiger charge is -2.21. The van der Waals surface area contributed by atoms with Crippen LogP contribution in [0.15, 0.2) is 22.8 Å². The molecule has 1 aliphatic rings. The van der Waals surface area contributed by atoms with Crippen LogP contribution in [0.3, 0.4) is 0 Å². The minimum absolute atomic E-state index is 0.195. The first-order valence-corrected chi connectivity index (χ1v) is 6.82. The third-order valence-electron chi connectivity index (χ3n) is 3.47. The molecular weight excluding hydrogens is 310 g/mol. The van der Waals surface area contributed by atoms with E-state index in [1.165, 1.54) is 0 Å². The van der Waals surface area contributed by atoms with Crippen molar-refractivity contribution < 1.29 is 9.59 Å². The first kappa shape index (κ1) is 12.3. The summed E-state index contributed by atoms with van der Waals surface area (Å²) >= 11 is 3.41. The molecule has 1 N–H and O–H groups in total. The van der Waals surface area contributed by atoms with Gasteiger partial charge < -0.3 is 0 Å². The summed E-state index contributed by atoms with van der Waals surface area (Å²) in [5.41, 5.74) is 1.85. The summed E-state index contributed by atoms with van der Waals surface area (Å²) in [6, 6.07) is 5.80. The van der Waals surface area contributed by atoms with Gasteiger partial charge in [0.2, 0.25) is 11.8 Å². The number of piperidine rings is 1. The van der Waals surface area contributed by atoms with E-state index < -0.39 is 0 Å². The Hall–Kier alpha value is -1.69. The Balaban J connectivity index is 2.15. The van der Waals surface area contributed by atoms with Crippen LogP contribution in [-0.2, 0) is 16.6 Å². The molecule has 0 radical (unpaired) electrons. The highest BCUT2D eigenvalue weighted by molar-refractivity contribution is 9.10.